The molecule has 0 aliphatic carbocycles. The van der Waals surface area contributed by atoms with E-state index in [0.29, 0.717) is 24.3 Å². The molecule has 20 heavy (non-hydrogen) atoms. The third-order valence-corrected chi connectivity index (χ3v) is 2.49. The van der Waals surface area contributed by atoms with Crippen molar-refractivity contribution in [1.29, 1.82) is 0 Å². The molecule has 0 saturated heterocycles. The number of hydrogen-bond acceptors (Lipinski definition) is 4. The van der Waals surface area contributed by atoms with Crippen molar-refractivity contribution in [3.8, 4) is 5.75 Å². The predicted molar refractivity (Wildman–Crippen MR) is 67.2 cm³/mol. The Morgan fingerprint density at radius 3 is 2.40 bits per heavy atom. The number of nitrogens with zero attached hydrogens (tertiary/aromatic N) is 1. The summed E-state index contributed by atoms with van der Waals surface area (Å²) in [7, 11) is 0. The third kappa shape index (κ3) is 6.98. The monoisotopic (exact) mass is 291 g/mol. The van der Waals surface area contributed by atoms with Gasteiger partial charge in [-0.2, -0.15) is 0 Å². The molecule has 0 spiro atoms. The van der Waals surface area contributed by atoms with Gasteiger partial charge < -0.3 is 9.94 Å². The van der Waals surface area contributed by atoms with Gasteiger partial charge in [0.05, 0.1) is 12.3 Å². The summed E-state index contributed by atoms with van der Waals surface area (Å²) in [5.41, 5.74) is 1.65. The second-order valence-electron chi connectivity index (χ2n) is 4.12. The highest BCUT2D eigenvalue weighted by Gasteiger charge is 2.28. The quantitative estimate of drug-likeness (QED) is 0.362. The minimum Gasteiger partial charge on any atom is -0.491 e. The van der Waals surface area contributed by atoms with E-state index in [-0.39, 0.29) is 6.61 Å². The number of rotatable bonds is 7. The van der Waals surface area contributed by atoms with E-state index in [0.717, 1.165) is 5.56 Å². The maximum Gasteiger partial charge on any atom is 0.522 e. The number of alkyl halides is 3. The fourth-order valence-electron chi connectivity index (χ4n) is 1.44. The molecule has 0 atom stereocenters. The summed E-state index contributed by atoms with van der Waals surface area (Å²) < 4.78 is 43.8. The maximum absolute atomic E-state index is 11.7. The normalized spacial score (nSPS) is 12.5. The molecule has 0 radical (unpaired) electrons. The molecule has 0 aliphatic heterocycles. The van der Waals surface area contributed by atoms with Crippen LogP contribution >= 0.6 is 0 Å². The molecule has 4 nitrogen and oxygen atoms in total. The van der Waals surface area contributed by atoms with Crippen LogP contribution in [-0.2, 0) is 11.2 Å². The average molecular weight is 291 g/mol. The highest BCUT2D eigenvalue weighted by molar-refractivity contribution is 5.81. The van der Waals surface area contributed by atoms with Crippen LogP contribution in [-0.4, -0.2) is 30.5 Å². The van der Waals surface area contributed by atoms with Crippen molar-refractivity contribution in [3.05, 3.63) is 29.8 Å². The molecule has 0 unspecified atom stereocenters. The third-order valence-electron chi connectivity index (χ3n) is 2.49. The van der Waals surface area contributed by atoms with Gasteiger partial charge in [-0.25, -0.2) is 0 Å². The molecule has 0 aliphatic rings. The molecule has 112 valence electrons. The zero-order valence-electron chi connectivity index (χ0n) is 11.0. The van der Waals surface area contributed by atoms with Gasteiger partial charge >= 0.3 is 6.36 Å². The van der Waals surface area contributed by atoms with Gasteiger partial charge in [0.1, 0.15) is 12.4 Å². The van der Waals surface area contributed by atoms with Crippen molar-refractivity contribution < 1.29 is 27.9 Å². The fourth-order valence-corrected chi connectivity index (χ4v) is 1.44. The van der Waals surface area contributed by atoms with E-state index in [1.165, 1.54) is 0 Å². The van der Waals surface area contributed by atoms with Crippen LogP contribution in [0.25, 0.3) is 0 Å². The molecule has 7 heteroatoms. The van der Waals surface area contributed by atoms with Crippen molar-refractivity contribution in [2.75, 3.05) is 13.2 Å². The van der Waals surface area contributed by atoms with E-state index >= 15 is 0 Å². The number of benzene rings is 1. The van der Waals surface area contributed by atoms with E-state index in [9.17, 15) is 13.2 Å². The summed E-state index contributed by atoms with van der Waals surface area (Å²) in [6.07, 6.45) is -3.27. The molecule has 0 fully saturated rings. The number of ether oxygens (including phenoxy) is 2. The smallest absolute Gasteiger partial charge is 0.491 e. The zero-order valence-corrected chi connectivity index (χ0v) is 11.0. The van der Waals surface area contributed by atoms with Crippen LogP contribution < -0.4 is 4.74 Å². The van der Waals surface area contributed by atoms with Crippen LogP contribution in [0.3, 0.4) is 0 Å². The first-order valence-corrected chi connectivity index (χ1v) is 6.00. The first-order chi connectivity index (χ1) is 9.40. The number of oxime groups is 1. The lowest BCUT2D eigenvalue weighted by atomic mass is 10.1. The molecular formula is C13H16F3NO3. The van der Waals surface area contributed by atoms with Gasteiger partial charge in [-0.1, -0.05) is 17.3 Å². The Labute approximate surface area is 114 Å². The first-order valence-electron chi connectivity index (χ1n) is 6.00. The highest BCUT2D eigenvalue weighted by Crippen LogP contribution is 2.17. The topological polar surface area (TPSA) is 51.0 Å². The molecule has 0 amide bonds. The van der Waals surface area contributed by atoms with E-state index in [1.807, 2.05) is 12.1 Å². The summed E-state index contributed by atoms with van der Waals surface area (Å²) >= 11 is 0. The van der Waals surface area contributed by atoms with Crippen LogP contribution in [0.1, 0.15) is 18.9 Å². The van der Waals surface area contributed by atoms with Gasteiger partial charge in [0, 0.05) is 0 Å². The van der Waals surface area contributed by atoms with Crippen molar-refractivity contribution in [3.63, 3.8) is 0 Å². The van der Waals surface area contributed by atoms with Crippen molar-refractivity contribution in [1.82, 2.24) is 0 Å². The SMILES string of the molecule is CC(CCc1ccc(OCCOC(F)(F)F)cc1)=NO. The largest absolute Gasteiger partial charge is 0.522 e. The highest BCUT2D eigenvalue weighted by atomic mass is 19.4. The van der Waals surface area contributed by atoms with Gasteiger partial charge in [-0.3, -0.25) is 4.74 Å². The minimum absolute atomic E-state index is 0.171. The Bertz CT molecular complexity index is 429. The van der Waals surface area contributed by atoms with E-state index in [1.54, 1.807) is 19.1 Å². The summed E-state index contributed by atoms with van der Waals surface area (Å²) in [6, 6.07) is 6.97. The molecule has 1 aromatic rings. The first kappa shape index (κ1) is 16.3. The summed E-state index contributed by atoms with van der Waals surface area (Å²) in [5.74, 6) is 0.479. The van der Waals surface area contributed by atoms with Gasteiger partial charge in [0.2, 0.25) is 0 Å². The Morgan fingerprint density at radius 1 is 1.20 bits per heavy atom. The lowest BCUT2D eigenvalue weighted by molar-refractivity contribution is -0.325. The molecule has 0 aromatic heterocycles. The van der Waals surface area contributed by atoms with Crippen molar-refractivity contribution in [2.45, 2.75) is 26.1 Å². The number of halogens is 3. The van der Waals surface area contributed by atoms with E-state index in [4.69, 9.17) is 9.94 Å². The number of aryl methyl sites for hydroxylation is 1. The lowest BCUT2D eigenvalue weighted by Crippen LogP contribution is -2.18. The molecular weight excluding hydrogens is 275 g/mol. The molecule has 0 bridgehead atoms. The summed E-state index contributed by atoms with van der Waals surface area (Å²) in [5, 5.41) is 11.6. The van der Waals surface area contributed by atoms with Crippen LogP contribution in [0.15, 0.2) is 29.4 Å². The second kappa shape index (κ2) is 7.74. The minimum atomic E-state index is -4.63. The number of hydrogen-bond donors (Lipinski definition) is 1. The van der Waals surface area contributed by atoms with Gasteiger partial charge in [-0.05, 0) is 37.5 Å². The van der Waals surface area contributed by atoms with Gasteiger partial charge in [0.25, 0.3) is 0 Å². The lowest BCUT2D eigenvalue weighted by Gasteiger charge is -2.09. The summed E-state index contributed by atoms with van der Waals surface area (Å²) in [4.78, 5) is 0. The average Bonchev–Trinajstić information content (AvgIpc) is 2.41. The second-order valence-corrected chi connectivity index (χ2v) is 4.12. The van der Waals surface area contributed by atoms with Crippen molar-refractivity contribution >= 4 is 5.71 Å². The maximum atomic E-state index is 11.7. The standard InChI is InChI=1S/C13H16F3NO3/c1-10(17-18)2-3-11-4-6-12(7-5-11)19-8-9-20-13(14,15)16/h4-7,18H,2-3,8-9H2,1H3. The Hall–Kier alpha value is -1.76. The van der Waals surface area contributed by atoms with Gasteiger partial charge in [-0.15, -0.1) is 13.2 Å². The van der Waals surface area contributed by atoms with Crippen LogP contribution in [0, 0.1) is 0 Å². The predicted octanol–water partition coefficient (Wildman–Crippen LogP) is 3.38. The van der Waals surface area contributed by atoms with Crippen LogP contribution in [0.4, 0.5) is 13.2 Å². The van der Waals surface area contributed by atoms with E-state index < -0.39 is 13.0 Å². The molecule has 0 heterocycles. The van der Waals surface area contributed by atoms with Crippen molar-refractivity contribution in [2.24, 2.45) is 5.16 Å². The van der Waals surface area contributed by atoms with E-state index in [2.05, 4.69) is 9.89 Å². The fraction of sp³-hybridized carbons (Fsp3) is 0.462. The zero-order chi connectivity index (χ0) is 15.0. The molecule has 1 aromatic carbocycles. The molecule has 0 saturated carbocycles. The molecule has 1 rings (SSSR count). The Morgan fingerprint density at radius 2 is 1.85 bits per heavy atom. The summed E-state index contributed by atoms with van der Waals surface area (Å²) in [6.45, 7) is 1.00. The van der Waals surface area contributed by atoms with Crippen LogP contribution in [0.2, 0.25) is 0 Å². The Kier molecular flexibility index (Phi) is 6.30. The molecule has 1 N–H and O–H groups in total. The van der Waals surface area contributed by atoms with Gasteiger partial charge in [0.15, 0.2) is 0 Å². The van der Waals surface area contributed by atoms with Crippen LogP contribution in [0.5, 0.6) is 5.75 Å². The Balaban J connectivity index is 2.32.